The molecule has 1 amide bonds. The molecule has 0 aliphatic rings. The van der Waals surface area contributed by atoms with E-state index in [2.05, 4.69) is 21.2 Å². The predicted octanol–water partition coefficient (Wildman–Crippen LogP) is 4.79. The summed E-state index contributed by atoms with van der Waals surface area (Å²) in [6.45, 7) is 0.532. The molecule has 0 aromatic heterocycles. The molecule has 0 aliphatic heterocycles. The molecule has 1 atom stereocenters. The van der Waals surface area contributed by atoms with Gasteiger partial charge in [0.05, 0.1) is 21.3 Å². The normalized spacial score (nSPS) is 12.0. The average Bonchev–Trinajstić information content (AvgIpc) is 2.49. The molecule has 1 N–H and O–H groups in total. The maximum atomic E-state index is 11.9. The van der Waals surface area contributed by atoms with E-state index < -0.39 is 0 Å². The third kappa shape index (κ3) is 5.03. The lowest BCUT2D eigenvalue weighted by atomic mass is 10.1. The van der Waals surface area contributed by atoms with Gasteiger partial charge in [-0.2, -0.15) is 0 Å². The number of hydrogen-bond donors (Lipinski definition) is 1. The first kappa shape index (κ1) is 16.3. The smallest absolute Gasteiger partial charge is 0.224 e. The Morgan fingerprint density at radius 2 is 1.81 bits per heavy atom. The molecule has 0 fully saturated rings. The van der Waals surface area contributed by atoms with Gasteiger partial charge in [-0.05, 0) is 23.3 Å². The Balaban J connectivity index is 1.86. The van der Waals surface area contributed by atoms with Crippen LogP contribution in [0, 0.1) is 0 Å². The molecule has 0 aliphatic carbocycles. The molecule has 110 valence electrons. The second-order valence-electron chi connectivity index (χ2n) is 4.61. The predicted molar refractivity (Wildman–Crippen MR) is 91.3 cm³/mol. The van der Waals surface area contributed by atoms with Crippen molar-refractivity contribution in [2.75, 3.05) is 6.54 Å². The Hall–Kier alpha value is -1.03. The van der Waals surface area contributed by atoms with E-state index in [1.54, 1.807) is 18.2 Å². The Bertz CT molecular complexity index is 619. The minimum atomic E-state index is -0.0474. The molecule has 2 nitrogen and oxygen atoms in total. The van der Waals surface area contributed by atoms with Crippen LogP contribution in [0.25, 0.3) is 0 Å². The highest BCUT2D eigenvalue weighted by Gasteiger charge is 2.10. The molecular weight excluding hydrogens is 373 g/mol. The van der Waals surface area contributed by atoms with E-state index in [-0.39, 0.29) is 17.2 Å². The average molecular weight is 387 g/mol. The highest BCUT2D eigenvalue weighted by molar-refractivity contribution is 9.09. The van der Waals surface area contributed by atoms with Crippen LogP contribution < -0.4 is 5.32 Å². The number of carbonyl (C=O) groups excluding carboxylic acids is 1. The molecule has 21 heavy (non-hydrogen) atoms. The van der Waals surface area contributed by atoms with E-state index in [4.69, 9.17) is 23.2 Å². The van der Waals surface area contributed by atoms with E-state index in [1.165, 1.54) is 0 Å². The van der Waals surface area contributed by atoms with Crippen molar-refractivity contribution >= 4 is 45.0 Å². The number of hydrogen-bond acceptors (Lipinski definition) is 1. The van der Waals surface area contributed by atoms with Crippen LogP contribution in [0.1, 0.15) is 16.0 Å². The van der Waals surface area contributed by atoms with Crippen molar-refractivity contribution in [1.29, 1.82) is 0 Å². The maximum absolute atomic E-state index is 11.9. The summed E-state index contributed by atoms with van der Waals surface area (Å²) < 4.78 is 0. The van der Waals surface area contributed by atoms with Crippen LogP contribution in [0.3, 0.4) is 0 Å². The molecule has 0 heterocycles. The zero-order valence-electron chi connectivity index (χ0n) is 11.2. The summed E-state index contributed by atoms with van der Waals surface area (Å²) >= 11 is 15.4. The van der Waals surface area contributed by atoms with E-state index >= 15 is 0 Å². The van der Waals surface area contributed by atoms with Gasteiger partial charge in [-0.15, -0.1) is 0 Å². The number of benzene rings is 2. The number of carbonyl (C=O) groups is 1. The minimum Gasteiger partial charge on any atom is -0.354 e. The summed E-state index contributed by atoms with van der Waals surface area (Å²) in [5.41, 5.74) is 1.97. The molecule has 5 heteroatoms. The lowest BCUT2D eigenvalue weighted by molar-refractivity contribution is -0.120. The SMILES string of the molecule is O=C(Cc1ccc(Cl)c(Cl)c1)NCC(Br)c1ccccc1. The zero-order chi connectivity index (χ0) is 15.2. The highest BCUT2D eigenvalue weighted by atomic mass is 79.9. The number of alkyl halides is 1. The van der Waals surface area contributed by atoms with Crippen LogP contribution in [0.2, 0.25) is 10.0 Å². The van der Waals surface area contributed by atoms with Crippen molar-refractivity contribution in [2.45, 2.75) is 11.2 Å². The molecule has 0 radical (unpaired) electrons. The number of nitrogens with one attached hydrogen (secondary N) is 1. The molecule has 2 aromatic rings. The van der Waals surface area contributed by atoms with Crippen molar-refractivity contribution < 1.29 is 4.79 Å². The Morgan fingerprint density at radius 1 is 1.10 bits per heavy atom. The first-order valence-electron chi connectivity index (χ1n) is 6.46. The van der Waals surface area contributed by atoms with Crippen LogP contribution in [-0.2, 0) is 11.2 Å². The van der Waals surface area contributed by atoms with E-state index in [1.807, 2.05) is 30.3 Å². The lowest BCUT2D eigenvalue weighted by Crippen LogP contribution is -2.28. The minimum absolute atomic E-state index is 0.0474. The molecule has 2 rings (SSSR count). The summed E-state index contributed by atoms with van der Waals surface area (Å²) in [5, 5.41) is 3.86. The van der Waals surface area contributed by atoms with Gasteiger partial charge < -0.3 is 5.32 Å². The highest BCUT2D eigenvalue weighted by Crippen LogP contribution is 2.23. The number of amides is 1. The quantitative estimate of drug-likeness (QED) is 0.735. The Labute approximate surface area is 142 Å². The first-order chi connectivity index (χ1) is 10.1. The van der Waals surface area contributed by atoms with Crippen molar-refractivity contribution in [3.05, 3.63) is 69.7 Å². The second kappa shape index (κ2) is 7.83. The zero-order valence-corrected chi connectivity index (χ0v) is 14.3. The molecule has 0 bridgehead atoms. The van der Waals surface area contributed by atoms with E-state index in [0.717, 1.165) is 11.1 Å². The first-order valence-corrected chi connectivity index (χ1v) is 8.13. The molecular formula is C16H14BrCl2NO. The van der Waals surface area contributed by atoms with Crippen LogP contribution in [0.4, 0.5) is 0 Å². The standard InChI is InChI=1S/C16H14BrCl2NO/c17-13(12-4-2-1-3-5-12)10-20-16(21)9-11-6-7-14(18)15(19)8-11/h1-8,13H,9-10H2,(H,20,21). The largest absolute Gasteiger partial charge is 0.354 e. The van der Waals surface area contributed by atoms with Crippen LogP contribution in [-0.4, -0.2) is 12.5 Å². The molecule has 1 unspecified atom stereocenters. The molecule has 0 spiro atoms. The van der Waals surface area contributed by atoms with Gasteiger partial charge >= 0.3 is 0 Å². The van der Waals surface area contributed by atoms with Crippen LogP contribution >= 0.6 is 39.1 Å². The van der Waals surface area contributed by atoms with Crippen molar-refractivity contribution in [2.24, 2.45) is 0 Å². The lowest BCUT2D eigenvalue weighted by Gasteiger charge is -2.11. The van der Waals surface area contributed by atoms with Gasteiger partial charge in [0.25, 0.3) is 0 Å². The van der Waals surface area contributed by atoms with Crippen molar-refractivity contribution in [3.63, 3.8) is 0 Å². The summed E-state index contributed by atoms with van der Waals surface area (Å²) in [5.74, 6) is -0.0474. The summed E-state index contributed by atoms with van der Waals surface area (Å²) in [4.78, 5) is 12.0. The summed E-state index contributed by atoms with van der Waals surface area (Å²) in [7, 11) is 0. The third-order valence-electron chi connectivity index (χ3n) is 2.99. The topological polar surface area (TPSA) is 29.1 Å². The van der Waals surface area contributed by atoms with Gasteiger partial charge in [-0.25, -0.2) is 0 Å². The fourth-order valence-electron chi connectivity index (χ4n) is 1.88. The van der Waals surface area contributed by atoms with Crippen molar-refractivity contribution in [1.82, 2.24) is 5.32 Å². The molecule has 0 saturated carbocycles. The molecule has 0 saturated heterocycles. The van der Waals surface area contributed by atoms with Crippen molar-refractivity contribution in [3.8, 4) is 0 Å². The Morgan fingerprint density at radius 3 is 2.48 bits per heavy atom. The monoisotopic (exact) mass is 385 g/mol. The molecule has 2 aromatic carbocycles. The van der Waals surface area contributed by atoms with E-state index in [0.29, 0.717) is 16.6 Å². The summed E-state index contributed by atoms with van der Waals surface area (Å²) in [6.07, 6.45) is 0.283. The summed E-state index contributed by atoms with van der Waals surface area (Å²) in [6, 6.07) is 15.2. The fourth-order valence-corrected chi connectivity index (χ4v) is 2.67. The number of halogens is 3. The number of rotatable bonds is 5. The van der Waals surface area contributed by atoms with Gasteiger partial charge in [0.1, 0.15) is 0 Å². The van der Waals surface area contributed by atoms with Crippen LogP contribution in [0.15, 0.2) is 48.5 Å². The maximum Gasteiger partial charge on any atom is 0.224 e. The van der Waals surface area contributed by atoms with Crippen LogP contribution in [0.5, 0.6) is 0 Å². The van der Waals surface area contributed by atoms with Gasteiger partial charge in [-0.3, -0.25) is 4.79 Å². The van der Waals surface area contributed by atoms with Gasteiger partial charge in [0.2, 0.25) is 5.91 Å². The Kier molecular flexibility index (Phi) is 6.09. The fraction of sp³-hybridized carbons (Fsp3) is 0.188. The third-order valence-corrected chi connectivity index (χ3v) is 4.58. The van der Waals surface area contributed by atoms with Gasteiger partial charge in [0.15, 0.2) is 0 Å². The van der Waals surface area contributed by atoms with E-state index in [9.17, 15) is 4.79 Å². The second-order valence-corrected chi connectivity index (χ2v) is 6.53. The van der Waals surface area contributed by atoms with Gasteiger partial charge in [-0.1, -0.05) is 75.5 Å². The van der Waals surface area contributed by atoms with Gasteiger partial charge in [0, 0.05) is 6.54 Å².